The SMILES string of the molecule is O=C(Cn1ccc(=O)[nH]c1=O)NC(CO)C(=O)O. The summed E-state index contributed by atoms with van der Waals surface area (Å²) in [6.45, 7) is -1.22. The van der Waals surface area contributed by atoms with E-state index >= 15 is 0 Å². The van der Waals surface area contributed by atoms with Gasteiger partial charge in [0, 0.05) is 12.3 Å². The lowest BCUT2D eigenvalue weighted by atomic mass is 10.3. The zero-order valence-electron chi connectivity index (χ0n) is 9.12. The van der Waals surface area contributed by atoms with Gasteiger partial charge in [0.1, 0.15) is 12.6 Å². The summed E-state index contributed by atoms with van der Waals surface area (Å²) in [5, 5.41) is 19.3. The zero-order chi connectivity index (χ0) is 13.7. The van der Waals surface area contributed by atoms with Gasteiger partial charge in [-0.05, 0) is 0 Å². The van der Waals surface area contributed by atoms with Gasteiger partial charge < -0.3 is 15.5 Å². The van der Waals surface area contributed by atoms with Crippen LogP contribution in [0.3, 0.4) is 0 Å². The van der Waals surface area contributed by atoms with Crippen molar-refractivity contribution < 1.29 is 19.8 Å². The highest BCUT2D eigenvalue weighted by Crippen LogP contribution is 1.85. The standard InChI is InChI=1S/C9H11N3O6/c13-4-5(8(16)17)10-7(15)3-12-2-1-6(14)11-9(12)18/h1-2,5,13H,3-4H2,(H,10,15)(H,16,17)(H,11,14,18). The van der Waals surface area contributed by atoms with Gasteiger partial charge in [0.05, 0.1) is 6.61 Å². The molecule has 1 amide bonds. The summed E-state index contributed by atoms with van der Waals surface area (Å²) >= 11 is 0. The lowest BCUT2D eigenvalue weighted by molar-refractivity contribution is -0.143. The number of hydrogen-bond donors (Lipinski definition) is 4. The zero-order valence-corrected chi connectivity index (χ0v) is 9.12. The van der Waals surface area contributed by atoms with Crippen molar-refractivity contribution >= 4 is 11.9 Å². The van der Waals surface area contributed by atoms with E-state index in [0.29, 0.717) is 0 Å². The summed E-state index contributed by atoms with van der Waals surface area (Å²) in [5.41, 5.74) is -1.39. The summed E-state index contributed by atoms with van der Waals surface area (Å²) in [7, 11) is 0. The van der Waals surface area contributed by atoms with Gasteiger partial charge in [0.15, 0.2) is 0 Å². The molecule has 4 N–H and O–H groups in total. The summed E-state index contributed by atoms with van der Waals surface area (Å²) in [4.78, 5) is 45.9. The van der Waals surface area contributed by atoms with Crippen molar-refractivity contribution in [1.82, 2.24) is 14.9 Å². The molecule has 0 radical (unpaired) electrons. The molecule has 18 heavy (non-hydrogen) atoms. The molecule has 1 rings (SSSR count). The van der Waals surface area contributed by atoms with Crippen LogP contribution in [0.15, 0.2) is 21.9 Å². The van der Waals surface area contributed by atoms with E-state index in [9.17, 15) is 19.2 Å². The van der Waals surface area contributed by atoms with E-state index in [1.54, 1.807) is 0 Å². The van der Waals surface area contributed by atoms with Gasteiger partial charge in [-0.25, -0.2) is 9.59 Å². The number of nitrogens with one attached hydrogen (secondary N) is 2. The molecule has 0 saturated heterocycles. The Morgan fingerprint density at radius 2 is 2.11 bits per heavy atom. The van der Waals surface area contributed by atoms with Crippen molar-refractivity contribution in [2.75, 3.05) is 6.61 Å². The predicted octanol–water partition coefficient (Wildman–Crippen LogP) is -2.90. The van der Waals surface area contributed by atoms with Gasteiger partial charge in [-0.2, -0.15) is 0 Å². The number of aliphatic carboxylic acids is 1. The number of aromatic amines is 1. The molecule has 9 nitrogen and oxygen atoms in total. The lowest BCUT2D eigenvalue weighted by Gasteiger charge is -2.11. The van der Waals surface area contributed by atoms with Gasteiger partial charge in [-0.1, -0.05) is 0 Å². The number of aliphatic hydroxyl groups excluding tert-OH is 1. The molecular formula is C9H11N3O6. The maximum Gasteiger partial charge on any atom is 0.328 e. The largest absolute Gasteiger partial charge is 0.480 e. The Morgan fingerprint density at radius 1 is 1.44 bits per heavy atom. The van der Waals surface area contributed by atoms with Crippen LogP contribution in [0.25, 0.3) is 0 Å². The van der Waals surface area contributed by atoms with Crippen LogP contribution in [0, 0.1) is 0 Å². The molecule has 1 aromatic rings. The second kappa shape index (κ2) is 5.77. The van der Waals surface area contributed by atoms with E-state index in [4.69, 9.17) is 10.2 Å². The van der Waals surface area contributed by atoms with E-state index in [2.05, 4.69) is 0 Å². The van der Waals surface area contributed by atoms with Gasteiger partial charge in [0.25, 0.3) is 5.56 Å². The van der Waals surface area contributed by atoms with Gasteiger partial charge in [-0.15, -0.1) is 0 Å². The number of carboxylic acids is 1. The van der Waals surface area contributed by atoms with Crippen molar-refractivity contribution in [3.8, 4) is 0 Å². The third-order valence-corrected chi connectivity index (χ3v) is 2.03. The maximum atomic E-state index is 11.4. The highest BCUT2D eigenvalue weighted by atomic mass is 16.4. The second-order valence-electron chi connectivity index (χ2n) is 3.38. The average Bonchev–Trinajstić information content (AvgIpc) is 2.29. The van der Waals surface area contributed by atoms with E-state index < -0.39 is 42.3 Å². The van der Waals surface area contributed by atoms with Crippen molar-refractivity contribution in [1.29, 1.82) is 0 Å². The maximum absolute atomic E-state index is 11.4. The van der Waals surface area contributed by atoms with Crippen molar-refractivity contribution in [3.63, 3.8) is 0 Å². The molecule has 0 aliphatic carbocycles. The van der Waals surface area contributed by atoms with Crippen LogP contribution < -0.4 is 16.6 Å². The van der Waals surface area contributed by atoms with Crippen LogP contribution >= 0.6 is 0 Å². The van der Waals surface area contributed by atoms with Crippen LogP contribution in [-0.4, -0.2) is 44.3 Å². The molecule has 0 aliphatic rings. The predicted molar refractivity (Wildman–Crippen MR) is 58.0 cm³/mol. The Balaban J connectivity index is 2.73. The molecule has 1 atom stereocenters. The quantitative estimate of drug-likeness (QED) is 0.445. The minimum absolute atomic E-state index is 0.459. The summed E-state index contributed by atoms with van der Waals surface area (Å²) < 4.78 is 0.896. The minimum atomic E-state index is -1.43. The number of amides is 1. The topological polar surface area (TPSA) is 141 Å². The Kier molecular flexibility index (Phi) is 4.38. The van der Waals surface area contributed by atoms with Gasteiger partial charge in [0.2, 0.25) is 5.91 Å². The fourth-order valence-electron chi connectivity index (χ4n) is 1.15. The normalized spacial score (nSPS) is 11.8. The van der Waals surface area contributed by atoms with Gasteiger partial charge >= 0.3 is 11.7 Å². The van der Waals surface area contributed by atoms with Crippen molar-refractivity contribution in [2.24, 2.45) is 0 Å². The number of carboxylic acid groups (broad SMARTS) is 1. The first-order valence-corrected chi connectivity index (χ1v) is 4.87. The third-order valence-electron chi connectivity index (χ3n) is 2.03. The molecule has 0 saturated carbocycles. The highest BCUT2D eigenvalue weighted by molar-refractivity contribution is 5.83. The van der Waals surface area contributed by atoms with E-state index in [0.717, 1.165) is 16.8 Å². The van der Waals surface area contributed by atoms with Crippen molar-refractivity contribution in [3.05, 3.63) is 33.1 Å². The van der Waals surface area contributed by atoms with E-state index in [1.807, 2.05) is 10.3 Å². The van der Waals surface area contributed by atoms with Crippen LogP contribution in [0.5, 0.6) is 0 Å². The number of H-pyrrole nitrogens is 1. The molecule has 0 aliphatic heterocycles. The number of hydrogen-bond acceptors (Lipinski definition) is 5. The molecule has 1 aromatic heterocycles. The molecular weight excluding hydrogens is 246 g/mol. The first-order chi connectivity index (χ1) is 8.43. The van der Waals surface area contributed by atoms with Crippen LogP contribution in [-0.2, 0) is 16.1 Å². The summed E-state index contributed by atoms with van der Waals surface area (Å²) in [6, 6.07) is -0.383. The summed E-state index contributed by atoms with van der Waals surface area (Å²) in [6.07, 6.45) is 1.11. The van der Waals surface area contributed by atoms with Crippen LogP contribution in [0.1, 0.15) is 0 Å². The molecule has 0 fully saturated rings. The van der Waals surface area contributed by atoms with Crippen LogP contribution in [0.4, 0.5) is 0 Å². The average molecular weight is 257 g/mol. The Morgan fingerprint density at radius 3 is 2.61 bits per heavy atom. The number of rotatable bonds is 5. The van der Waals surface area contributed by atoms with E-state index in [-0.39, 0.29) is 0 Å². The fourth-order valence-corrected chi connectivity index (χ4v) is 1.15. The smallest absolute Gasteiger partial charge is 0.328 e. The number of aromatic nitrogens is 2. The molecule has 9 heteroatoms. The first kappa shape index (κ1) is 13.6. The fraction of sp³-hybridized carbons (Fsp3) is 0.333. The van der Waals surface area contributed by atoms with Gasteiger partial charge in [-0.3, -0.25) is 19.1 Å². The molecule has 1 unspecified atom stereocenters. The Bertz CT molecular complexity index is 560. The lowest BCUT2D eigenvalue weighted by Crippen LogP contribution is -2.45. The Labute approximate surface area is 99.7 Å². The number of aliphatic hydroxyl groups is 1. The molecule has 0 aromatic carbocycles. The molecule has 0 spiro atoms. The minimum Gasteiger partial charge on any atom is -0.480 e. The molecule has 98 valence electrons. The highest BCUT2D eigenvalue weighted by Gasteiger charge is 2.18. The number of nitrogens with zero attached hydrogens (tertiary/aromatic N) is 1. The molecule has 0 bridgehead atoms. The third kappa shape index (κ3) is 3.56. The van der Waals surface area contributed by atoms with Crippen LogP contribution in [0.2, 0.25) is 0 Å². The Hall–Kier alpha value is -2.42. The second-order valence-corrected chi connectivity index (χ2v) is 3.38. The first-order valence-electron chi connectivity index (χ1n) is 4.87. The number of carbonyl (C=O) groups is 2. The number of carbonyl (C=O) groups excluding carboxylic acids is 1. The summed E-state index contributed by atoms with van der Waals surface area (Å²) in [5.74, 6) is -2.16. The monoisotopic (exact) mass is 257 g/mol. The molecule has 1 heterocycles. The van der Waals surface area contributed by atoms with Crippen molar-refractivity contribution in [2.45, 2.75) is 12.6 Å². The van der Waals surface area contributed by atoms with E-state index in [1.165, 1.54) is 0 Å².